The van der Waals surface area contributed by atoms with Gasteiger partial charge in [-0.05, 0) is 48.9 Å². The Balaban J connectivity index is 1.80. The van der Waals surface area contributed by atoms with Crippen LogP contribution in [-0.4, -0.2) is 40.5 Å². The third kappa shape index (κ3) is 4.12. The van der Waals surface area contributed by atoms with Gasteiger partial charge in [-0.25, -0.2) is 4.79 Å². The Hall–Kier alpha value is -4.14. The summed E-state index contributed by atoms with van der Waals surface area (Å²) in [4.78, 5) is 26.2. The lowest BCUT2D eigenvalue weighted by Crippen LogP contribution is -2.35. The van der Waals surface area contributed by atoms with E-state index in [2.05, 4.69) is 5.32 Å². The lowest BCUT2D eigenvalue weighted by molar-refractivity contribution is -0.122. The van der Waals surface area contributed by atoms with E-state index < -0.39 is 23.6 Å². The van der Waals surface area contributed by atoms with Crippen molar-refractivity contribution < 1.29 is 32.9 Å². The van der Waals surface area contributed by atoms with Crippen LogP contribution < -0.4 is 34.6 Å². The molecule has 3 aromatic rings. The van der Waals surface area contributed by atoms with E-state index in [1.807, 2.05) is 0 Å². The molecule has 0 fully saturated rings. The summed E-state index contributed by atoms with van der Waals surface area (Å²) in [6.07, 6.45) is -1.05. The molecule has 2 atom stereocenters. The molecule has 4 rings (SSSR count). The maximum Gasteiger partial charge on any atom is 0.343 e. The average molecular weight is 467 g/mol. The van der Waals surface area contributed by atoms with E-state index >= 15 is 0 Å². The van der Waals surface area contributed by atoms with E-state index in [4.69, 9.17) is 28.1 Å². The molecule has 1 aliphatic heterocycles. The van der Waals surface area contributed by atoms with Crippen molar-refractivity contribution in [1.82, 2.24) is 0 Å². The molecule has 9 nitrogen and oxygen atoms in total. The van der Waals surface area contributed by atoms with Gasteiger partial charge in [-0.1, -0.05) is 0 Å². The SMILES string of the molecule is COc1ccc(NC(=O)[C@H]2Oc3cc(C)oc(=O)c3[C@@H]2c2cc(OC)c(OC)c(OC)c2)cc1. The molecule has 0 bridgehead atoms. The normalized spacial score (nSPS) is 16.3. The van der Waals surface area contributed by atoms with Gasteiger partial charge in [0.2, 0.25) is 5.75 Å². The number of anilines is 1. The molecule has 0 radical (unpaired) electrons. The smallest absolute Gasteiger partial charge is 0.343 e. The van der Waals surface area contributed by atoms with E-state index in [1.165, 1.54) is 21.3 Å². The molecule has 0 unspecified atom stereocenters. The molecule has 9 heteroatoms. The summed E-state index contributed by atoms with van der Waals surface area (Å²) in [6.45, 7) is 1.64. The van der Waals surface area contributed by atoms with Gasteiger partial charge in [0.05, 0.1) is 39.9 Å². The molecule has 2 heterocycles. The molecule has 0 saturated carbocycles. The van der Waals surface area contributed by atoms with Gasteiger partial charge >= 0.3 is 5.63 Å². The summed E-state index contributed by atoms with van der Waals surface area (Å²) in [5.41, 5.74) is 0.791. The molecule has 0 saturated heterocycles. The second-order valence-electron chi connectivity index (χ2n) is 7.61. The van der Waals surface area contributed by atoms with Crippen molar-refractivity contribution in [2.24, 2.45) is 0 Å². The van der Waals surface area contributed by atoms with Crippen molar-refractivity contribution in [3.63, 3.8) is 0 Å². The van der Waals surface area contributed by atoms with Crippen LogP contribution in [0, 0.1) is 6.92 Å². The number of nitrogens with one attached hydrogen (secondary N) is 1. The first-order valence-corrected chi connectivity index (χ1v) is 10.5. The highest BCUT2D eigenvalue weighted by molar-refractivity contribution is 5.96. The third-order valence-electron chi connectivity index (χ3n) is 5.60. The number of rotatable bonds is 7. The number of carbonyl (C=O) groups excluding carboxylic acids is 1. The number of methoxy groups -OCH3 is 4. The highest BCUT2D eigenvalue weighted by Crippen LogP contribution is 2.46. The fraction of sp³-hybridized carbons (Fsp3) is 0.280. The zero-order valence-electron chi connectivity index (χ0n) is 19.5. The molecule has 1 aromatic heterocycles. The van der Waals surface area contributed by atoms with Gasteiger partial charge < -0.3 is 33.4 Å². The average Bonchev–Trinajstić information content (AvgIpc) is 3.23. The van der Waals surface area contributed by atoms with Crippen LogP contribution in [0.5, 0.6) is 28.7 Å². The molecule has 2 aromatic carbocycles. The second-order valence-corrected chi connectivity index (χ2v) is 7.61. The number of fused-ring (bicyclic) bond motifs is 1. The van der Waals surface area contributed by atoms with E-state index in [-0.39, 0.29) is 5.56 Å². The molecular weight excluding hydrogens is 442 g/mol. The van der Waals surface area contributed by atoms with Crippen molar-refractivity contribution in [3.8, 4) is 28.7 Å². The number of benzene rings is 2. The Labute approximate surface area is 196 Å². The van der Waals surface area contributed by atoms with Crippen LogP contribution >= 0.6 is 0 Å². The maximum absolute atomic E-state index is 13.4. The minimum atomic E-state index is -1.05. The molecule has 1 aliphatic rings. The third-order valence-corrected chi connectivity index (χ3v) is 5.60. The standard InChI is InChI=1S/C25H25NO8/c1-13-10-17-21(25(28)33-13)20(14-11-18(30-3)22(32-5)19(12-14)31-4)23(34-17)24(27)26-15-6-8-16(29-2)9-7-15/h6-12,20,23H,1-5H3,(H,26,27)/t20-,23-/m0/s1. The lowest BCUT2D eigenvalue weighted by Gasteiger charge is -2.21. The first-order valence-electron chi connectivity index (χ1n) is 10.5. The molecule has 1 N–H and O–H groups in total. The van der Waals surface area contributed by atoms with Crippen LogP contribution in [0.4, 0.5) is 5.69 Å². The van der Waals surface area contributed by atoms with Crippen molar-refractivity contribution in [2.75, 3.05) is 33.8 Å². The number of hydrogen-bond acceptors (Lipinski definition) is 8. The fourth-order valence-corrected chi connectivity index (χ4v) is 4.04. The van der Waals surface area contributed by atoms with Crippen LogP contribution in [-0.2, 0) is 4.79 Å². The molecule has 0 spiro atoms. The number of hydrogen-bond donors (Lipinski definition) is 1. The van der Waals surface area contributed by atoms with Crippen LogP contribution in [0.1, 0.15) is 22.8 Å². The lowest BCUT2D eigenvalue weighted by atomic mass is 9.88. The van der Waals surface area contributed by atoms with Gasteiger partial charge in [-0.3, -0.25) is 4.79 Å². The highest BCUT2D eigenvalue weighted by atomic mass is 16.5. The largest absolute Gasteiger partial charge is 0.497 e. The summed E-state index contributed by atoms with van der Waals surface area (Å²) in [6, 6.07) is 11.9. The van der Waals surface area contributed by atoms with Crippen molar-refractivity contribution >= 4 is 11.6 Å². The quantitative estimate of drug-likeness (QED) is 0.563. The number of ether oxygens (including phenoxy) is 5. The number of carbonyl (C=O) groups is 1. The monoisotopic (exact) mass is 467 g/mol. The van der Waals surface area contributed by atoms with Crippen molar-refractivity contribution in [2.45, 2.75) is 18.9 Å². The van der Waals surface area contributed by atoms with Gasteiger partial charge in [0.15, 0.2) is 17.6 Å². The van der Waals surface area contributed by atoms with Crippen molar-refractivity contribution in [3.05, 3.63) is 69.8 Å². The van der Waals surface area contributed by atoms with E-state index in [0.29, 0.717) is 45.8 Å². The van der Waals surface area contributed by atoms with Gasteiger partial charge in [-0.15, -0.1) is 0 Å². The molecular formula is C25H25NO8. The van der Waals surface area contributed by atoms with Gasteiger partial charge in [-0.2, -0.15) is 0 Å². The molecule has 0 aliphatic carbocycles. The number of aryl methyl sites for hydroxylation is 1. The predicted molar refractivity (Wildman–Crippen MR) is 124 cm³/mol. The molecule has 178 valence electrons. The molecule has 34 heavy (non-hydrogen) atoms. The van der Waals surface area contributed by atoms with E-state index in [1.54, 1.807) is 56.5 Å². The maximum atomic E-state index is 13.4. The van der Waals surface area contributed by atoms with E-state index in [0.717, 1.165) is 0 Å². The Morgan fingerprint density at radius 1 is 0.912 bits per heavy atom. The Bertz CT molecular complexity index is 1240. The van der Waals surface area contributed by atoms with Gasteiger partial charge in [0, 0.05) is 11.8 Å². The fourth-order valence-electron chi connectivity index (χ4n) is 4.04. The summed E-state index contributed by atoms with van der Waals surface area (Å²) in [5, 5.41) is 2.84. The summed E-state index contributed by atoms with van der Waals surface area (Å²) in [7, 11) is 6.04. The first-order chi connectivity index (χ1) is 16.4. The Morgan fingerprint density at radius 3 is 2.12 bits per heavy atom. The topological polar surface area (TPSA) is 105 Å². The van der Waals surface area contributed by atoms with Crippen LogP contribution in [0.15, 0.2) is 51.7 Å². The summed E-state index contributed by atoms with van der Waals surface area (Å²) < 4.78 is 32.8. The van der Waals surface area contributed by atoms with Crippen LogP contribution in [0.25, 0.3) is 0 Å². The highest BCUT2D eigenvalue weighted by Gasteiger charge is 2.44. The van der Waals surface area contributed by atoms with E-state index in [9.17, 15) is 9.59 Å². The molecule has 1 amide bonds. The first kappa shape index (κ1) is 23.0. The minimum absolute atomic E-state index is 0.245. The summed E-state index contributed by atoms with van der Waals surface area (Å²) >= 11 is 0. The van der Waals surface area contributed by atoms with Gasteiger partial charge in [0.25, 0.3) is 5.91 Å². The Morgan fingerprint density at radius 2 is 1.56 bits per heavy atom. The summed E-state index contributed by atoms with van der Waals surface area (Å²) in [5.74, 6) is 1.28. The van der Waals surface area contributed by atoms with Crippen molar-refractivity contribution in [1.29, 1.82) is 0 Å². The Kier molecular flexibility index (Phi) is 6.36. The zero-order chi connectivity index (χ0) is 24.4. The number of amides is 1. The zero-order valence-corrected chi connectivity index (χ0v) is 19.5. The van der Waals surface area contributed by atoms with Gasteiger partial charge in [0.1, 0.15) is 17.3 Å². The second kappa shape index (κ2) is 9.38. The minimum Gasteiger partial charge on any atom is -0.497 e. The predicted octanol–water partition coefficient (Wildman–Crippen LogP) is 3.51. The van der Waals surface area contributed by atoms with Crippen LogP contribution in [0.3, 0.4) is 0 Å². The van der Waals surface area contributed by atoms with Crippen LogP contribution in [0.2, 0.25) is 0 Å².